The van der Waals surface area contributed by atoms with Gasteiger partial charge in [-0.2, -0.15) is 0 Å². The Bertz CT molecular complexity index is 1070. The third-order valence-corrected chi connectivity index (χ3v) is 5.94. The third-order valence-electron chi connectivity index (χ3n) is 5.94. The van der Waals surface area contributed by atoms with E-state index in [1.54, 1.807) is 31.2 Å². The summed E-state index contributed by atoms with van der Waals surface area (Å²) in [7, 11) is 9.90. The van der Waals surface area contributed by atoms with E-state index in [2.05, 4.69) is 42.5 Å². The van der Waals surface area contributed by atoms with Gasteiger partial charge >= 0.3 is 0 Å². The summed E-state index contributed by atoms with van der Waals surface area (Å²) in [6.07, 6.45) is 18.2. The van der Waals surface area contributed by atoms with E-state index >= 15 is 0 Å². The Hall–Kier alpha value is -4.60. The summed E-state index contributed by atoms with van der Waals surface area (Å²) < 4.78 is 9.91. The molecule has 5 rings (SSSR count). The van der Waals surface area contributed by atoms with Crippen LogP contribution in [0.15, 0.2) is 92.7 Å². The van der Waals surface area contributed by atoms with Gasteiger partial charge in [0, 0.05) is 52.0 Å². The van der Waals surface area contributed by atoms with Crippen LogP contribution >= 0.6 is 0 Å². The predicted molar refractivity (Wildman–Crippen MR) is 207 cm³/mol. The van der Waals surface area contributed by atoms with E-state index in [-0.39, 0.29) is 0 Å². The first-order valence-corrected chi connectivity index (χ1v) is 17.9. The smallest absolute Gasteiger partial charge is 0.252 e. The summed E-state index contributed by atoms with van der Waals surface area (Å²) in [5.74, 6) is 2.01. The molecule has 0 aliphatic rings. The molecule has 0 saturated heterocycles. The number of rotatable bonds is 0. The van der Waals surface area contributed by atoms with Crippen LogP contribution in [0.2, 0.25) is 0 Å². The minimum atomic E-state index is 0.972. The molecule has 50 heavy (non-hydrogen) atoms. The van der Waals surface area contributed by atoms with Crippen molar-refractivity contribution in [2.45, 2.75) is 104 Å². The maximum atomic E-state index is 4.04. The molecule has 0 aromatic carbocycles. The molecule has 0 aliphatic heterocycles. The molecule has 0 radical (unpaired) electrons. The summed E-state index contributed by atoms with van der Waals surface area (Å²) in [5, 5.41) is 0. The lowest BCUT2D eigenvalue weighted by Crippen LogP contribution is -2.32. The quantitative estimate of drug-likeness (QED) is 0.180. The largest absolute Gasteiger partial charge is 0.294 e. The topological polar surface area (TPSA) is 83.9 Å². The molecule has 5 aromatic rings. The lowest BCUT2D eigenvalue weighted by molar-refractivity contribution is -0.684. The van der Waals surface area contributed by atoms with E-state index in [0.29, 0.717) is 0 Å². The van der Waals surface area contributed by atoms with Crippen molar-refractivity contribution in [1.29, 1.82) is 0 Å². The van der Waals surface area contributed by atoms with E-state index < -0.39 is 0 Å². The van der Waals surface area contributed by atoms with Gasteiger partial charge in [-0.05, 0) is 6.92 Å². The van der Waals surface area contributed by atoms with Gasteiger partial charge in [0.1, 0.15) is 32.2 Å². The van der Waals surface area contributed by atoms with Crippen LogP contribution in [0.25, 0.3) is 0 Å². The van der Waals surface area contributed by atoms with Gasteiger partial charge in [-0.25, -0.2) is 22.8 Å². The van der Waals surface area contributed by atoms with Crippen LogP contribution < -0.4 is 22.8 Å². The number of aryl methyl sites for hydroxylation is 10. The van der Waals surface area contributed by atoms with Gasteiger partial charge in [0.05, 0.1) is 39.7 Å². The van der Waals surface area contributed by atoms with Gasteiger partial charge in [-0.3, -0.25) is 4.98 Å². The van der Waals surface area contributed by atoms with Gasteiger partial charge in [-0.15, -0.1) is 0 Å². The molecule has 280 valence electrons. The van der Waals surface area contributed by atoms with E-state index in [0.717, 1.165) is 11.6 Å². The van der Waals surface area contributed by atoms with Crippen molar-refractivity contribution in [3.8, 4) is 0 Å². The normalized spacial score (nSPS) is 8.00. The van der Waals surface area contributed by atoms with E-state index in [9.17, 15) is 0 Å². The molecule has 0 bridgehead atoms. The monoisotopic (exact) mass is 696 g/mol. The summed E-state index contributed by atoms with van der Waals surface area (Å²) in [6, 6.07) is 10.0. The van der Waals surface area contributed by atoms with Crippen LogP contribution in [0.1, 0.15) is 98.0 Å². The molecule has 5 aromatic heterocycles. The van der Waals surface area contributed by atoms with Gasteiger partial charge in [0.15, 0.2) is 23.8 Å². The number of nitrogens with zero attached hydrogens (tertiary/aromatic N) is 10. The predicted octanol–water partition coefficient (Wildman–Crippen LogP) is 6.20. The molecule has 10 nitrogen and oxygen atoms in total. The fourth-order valence-corrected chi connectivity index (χ4v) is 2.54. The molecule has 5 heterocycles. The van der Waals surface area contributed by atoms with Crippen LogP contribution in [0, 0.1) is 34.6 Å². The van der Waals surface area contributed by atoms with Gasteiger partial charge in [0.25, 0.3) is 18.5 Å². The highest BCUT2D eigenvalue weighted by atomic mass is 15.1. The second-order valence-electron chi connectivity index (χ2n) is 9.06. The van der Waals surface area contributed by atoms with Crippen LogP contribution in [-0.4, -0.2) is 24.9 Å². The molecular formula is C40H75N10+5. The van der Waals surface area contributed by atoms with Crippen molar-refractivity contribution in [1.82, 2.24) is 24.9 Å². The number of hydrogen-bond acceptors (Lipinski definition) is 5. The minimum absolute atomic E-state index is 0.972. The summed E-state index contributed by atoms with van der Waals surface area (Å²) in [4.78, 5) is 19.6. The van der Waals surface area contributed by atoms with Crippen molar-refractivity contribution in [2.24, 2.45) is 35.2 Å². The molecule has 0 N–H and O–H groups in total. The van der Waals surface area contributed by atoms with E-state index in [4.69, 9.17) is 0 Å². The van der Waals surface area contributed by atoms with Crippen LogP contribution in [0.3, 0.4) is 0 Å². The Balaban J connectivity index is -0.000000158. The second kappa shape index (κ2) is 40.6. The van der Waals surface area contributed by atoms with Crippen molar-refractivity contribution in [3.05, 3.63) is 121 Å². The molecule has 0 fully saturated rings. The molecule has 0 spiro atoms. The van der Waals surface area contributed by atoms with Crippen molar-refractivity contribution in [3.63, 3.8) is 0 Å². The SMILES string of the molecule is CC.CC.CC.CC.CC.Cc1cccc[n+]1C.Cc1ccnc[n+]1C.Cc1cncc[n+]1C.Cc1nccc[n+]1C.Cc1ncnc[n+]1C. The van der Waals surface area contributed by atoms with Crippen molar-refractivity contribution < 1.29 is 22.8 Å². The van der Waals surface area contributed by atoms with Crippen molar-refractivity contribution >= 4 is 0 Å². The Morgan fingerprint density at radius 2 is 0.900 bits per heavy atom. The van der Waals surface area contributed by atoms with Gasteiger partial charge in [-0.1, -0.05) is 95.2 Å². The first kappa shape index (κ1) is 54.8. The standard InChI is InChI=1S/C7H10N.3C6H9N2.C5H8N3.5C2H6/c1-7-5-3-4-6-8(7)2;1-6-5-7-3-4-8(6)2;1-6-3-4-7-5-8(6)2;1-6-7-4-3-5-8(6)2;1-5-7-3-6-4-8(5)2;5*1-2/h3-6H,1-2H3;3*3-5H,1-2H3;3-4H,1-2H3;5*1-2H3/q5*+1;;;;;. The molecule has 10 heteroatoms. The molecule has 0 saturated carbocycles. The Labute approximate surface area is 307 Å². The van der Waals surface area contributed by atoms with E-state index in [1.165, 1.54) is 23.4 Å². The first-order chi connectivity index (χ1) is 24.0. The minimum Gasteiger partial charge on any atom is -0.252 e. The third kappa shape index (κ3) is 30.7. The number of aromatic nitrogens is 10. The van der Waals surface area contributed by atoms with E-state index in [1.807, 2.05) is 199 Å². The maximum Gasteiger partial charge on any atom is 0.294 e. The second-order valence-corrected chi connectivity index (χ2v) is 9.06. The van der Waals surface area contributed by atoms with Gasteiger partial charge in [0.2, 0.25) is 12.2 Å². The Kier molecular flexibility index (Phi) is 44.5. The lowest BCUT2D eigenvalue weighted by atomic mass is 10.4. The Morgan fingerprint density at radius 1 is 0.400 bits per heavy atom. The number of pyridine rings is 1. The highest BCUT2D eigenvalue weighted by Gasteiger charge is 1.96. The summed E-state index contributed by atoms with van der Waals surface area (Å²) in [5.41, 5.74) is 3.68. The maximum absolute atomic E-state index is 4.04. The fraction of sp³-hybridized carbons (Fsp3) is 0.500. The molecular weight excluding hydrogens is 621 g/mol. The zero-order chi connectivity index (χ0) is 39.9. The summed E-state index contributed by atoms with van der Waals surface area (Å²) >= 11 is 0. The Morgan fingerprint density at radius 3 is 1.20 bits per heavy atom. The lowest BCUT2D eigenvalue weighted by Gasteiger charge is -1.88. The summed E-state index contributed by atoms with van der Waals surface area (Å²) in [6.45, 7) is 30.1. The highest BCUT2D eigenvalue weighted by molar-refractivity contribution is 4.93. The first-order valence-electron chi connectivity index (χ1n) is 17.9. The molecule has 0 amide bonds. The van der Waals surface area contributed by atoms with Crippen LogP contribution in [0.4, 0.5) is 0 Å². The zero-order valence-electron chi connectivity index (χ0n) is 35.6. The average Bonchev–Trinajstić information content (AvgIpc) is 3.16. The molecule has 0 aliphatic carbocycles. The average molecular weight is 696 g/mol. The fourth-order valence-electron chi connectivity index (χ4n) is 2.54. The van der Waals surface area contributed by atoms with Gasteiger partial charge < -0.3 is 0 Å². The zero-order valence-corrected chi connectivity index (χ0v) is 35.6. The molecule has 0 atom stereocenters. The van der Waals surface area contributed by atoms with Crippen LogP contribution in [-0.2, 0) is 35.2 Å². The van der Waals surface area contributed by atoms with Crippen LogP contribution in [0.5, 0.6) is 0 Å². The molecule has 0 unspecified atom stereocenters. The number of hydrogen-bond donors (Lipinski definition) is 0. The highest BCUT2D eigenvalue weighted by Crippen LogP contribution is 1.84. The van der Waals surface area contributed by atoms with Crippen molar-refractivity contribution in [2.75, 3.05) is 0 Å².